The van der Waals surface area contributed by atoms with E-state index in [2.05, 4.69) is 5.32 Å². The van der Waals surface area contributed by atoms with E-state index in [1.165, 1.54) is 6.08 Å². The van der Waals surface area contributed by atoms with Gasteiger partial charge in [0.25, 0.3) is 5.91 Å². The van der Waals surface area contributed by atoms with Crippen LogP contribution in [0.2, 0.25) is 0 Å². The highest BCUT2D eigenvalue weighted by Crippen LogP contribution is 2.28. The minimum atomic E-state index is -0.402. The molecular formula is C18H22N2O4. The van der Waals surface area contributed by atoms with Gasteiger partial charge in [0.05, 0.1) is 19.8 Å². The molecule has 0 radical (unpaired) electrons. The maximum Gasteiger partial charge on any atom is 0.262 e. The van der Waals surface area contributed by atoms with Crippen molar-refractivity contribution in [1.29, 1.82) is 5.26 Å². The molecule has 0 aliphatic carbocycles. The van der Waals surface area contributed by atoms with Gasteiger partial charge < -0.3 is 19.5 Å². The predicted octanol–water partition coefficient (Wildman–Crippen LogP) is 2.30. The van der Waals surface area contributed by atoms with Crippen LogP contribution in [0.3, 0.4) is 0 Å². The van der Waals surface area contributed by atoms with Gasteiger partial charge in [-0.3, -0.25) is 4.79 Å². The molecule has 1 aromatic carbocycles. The van der Waals surface area contributed by atoms with Gasteiger partial charge in [-0.05, 0) is 43.5 Å². The van der Waals surface area contributed by atoms with Crippen LogP contribution in [0, 0.1) is 11.3 Å². The molecule has 1 heterocycles. The van der Waals surface area contributed by atoms with Gasteiger partial charge in [0.15, 0.2) is 11.5 Å². The van der Waals surface area contributed by atoms with Crippen LogP contribution in [0.1, 0.15) is 25.3 Å². The van der Waals surface area contributed by atoms with Gasteiger partial charge in [-0.2, -0.15) is 5.26 Å². The first kappa shape index (κ1) is 17.8. The van der Waals surface area contributed by atoms with Gasteiger partial charge in [-0.25, -0.2) is 0 Å². The lowest BCUT2D eigenvalue weighted by Crippen LogP contribution is -2.32. The van der Waals surface area contributed by atoms with Crippen molar-refractivity contribution in [2.45, 2.75) is 25.9 Å². The molecule has 1 aliphatic heterocycles. The van der Waals surface area contributed by atoms with Crippen molar-refractivity contribution in [2.24, 2.45) is 0 Å². The van der Waals surface area contributed by atoms with Crippen LogP contribution in [0.4, 0.5) is 0 Å². The van der Waals surface area contributed by atoms with Gasteiger partial charge >= 0.3 is 0 Å². The number of carbonyl (C=O) groups excluding carboxylic acids is 1. The molecular weight excluding hydrogens is 308 g/mol. The van der Waals surface area contributed by atoms with Gasteiger partial charge in [0.2, 0.25) is 0 Å². The molecule has 1 atom stereocenters. The van der Waals surface area contributed by atoms with E-state index in [1.807, 2.05) is 13.0 Å². The number of rotatable bonds is 7. The van der Waals surface area contributed by atoms with E-state index in [4.69, 9.17) is 14.2 Å². The minimum absolute atomic E-state index is 0.0409. The summed E-state index contributed by atoms with van der Waals surface area (Å²) in [5, 5.41) is 12.0. The highest BCUT2D eigenvalue weighted by Gasteiger charge is 2.17. The Hall–Kier alpha value is -2.52. The summed E-state index contributed by atoms with van der Waals surface area (Å²) >= 11 is 0. The summed E-state index contributed by atoms with van der Waals surface area (Å²) in [6.45, 7) is 3.57. The number of amides is 1. The molecule has 0 spiro atoms. The first-order chi connectivity index (χ1) is 11.7. The summed E-state index contributed by atoms with van der Waals surface area (Å²) in [7, 11) is 1.55. The molecule has 0 saturated carbocycles. The van der Waals surface area contributed by atoms with Crippen molar-refractivity contribution >= 4 is 12.0 Å². The Balaban J connectivity index is 2.08. The lowest BCUT2D eigenvalue weighted by atomic mass is 10.1. The zero-order valence-electron chi connectivity index (χ0n) is 14.0. The summed E-state index contributed by atoms with van der Waals surface area (Å²) in [6.07, 6.45) is 3.51. The average molecular weight is 330 g/mol. The molecule has 1 fully saturated rings. The van der Waals surface area contributed by atoms with Crippen LogP contribution in [0.5, 0.6) is 11.5 Å². The van der Waals surface area contributed by atoms with E-state index in [0.717, 1.165) is 19.4 Å². The first-order valence-corrected chi connectivity index (χ1v) is 8.00. The zero-order chi connectivity index (χ0) is 17.4. The summed E-state index contributed by atoms with van der Waals surface area (Å²) in [5.74, 6) is 0.780. The number of methoxy groups -OCH3 is 1. The Labute approximate surface area is 142 Å². The van der Waals surface area contributed by atoms with Crippen molar-refractivity contribution in [3.8, 4) is 17.6 Å². The molecule has 1 aliphatic rings. The van der Waals surface area contributed by atoms with Crippen LogP contribution in [0.15, 0.2) is 23.8 Å². The molecule has 0 unspecified atom stereocenters. The second kappa shape index (κ2) is 8.94. The molecule has 6 nitrogen and oxygen atoms in total. The molecule has 1 amide bonds. The summed E-state index contributed by atoms with van der Waals surface area (Å²) < 4.78 is 16.2. The maximum atomic E-state index is 12.1. The second-order valence-corrected chi connectivity index (χ2v) is 5.36. The van der Waals surface area contributed by atoms with Gasteiger partial charge in [0, 0.05) is 13.2 Å². The Morgan fingerprint density at radius 2 is 2.33 bits per heavy atom. The summed E-state index contributed by atoms with van der Waals surface area (Å²) in [4.78, 5) is 12.1. The van der Waals surface area contributed by atoms with Crippen molar-refractivity contribution in [3.05, 3.63) is 29.3 Å². The van der Waals surface area contributed by atoms with E-state index in [0.29, 0.717) is 30.2 Å². The van der Waals surface area contributed by atoms with Gasteiger partial charge in [-0.1, -0.05) is 6.07 Å². The number of hydrogen-bond acceptors (Lipinski definition) is 5. The Kier molecular flexibility index (Phi) is 6.64. The third kappa shape index (κ3) is 4.74. The number of hydrogen-bond donors (Lipinski definition) is 1. The number of ether oxygens (including phenoxy) is 3. The quantitative estimate of drug-likeness (QED) is 0.613. The SMILES string of the molecule is CCOc1ccc(/C=C(\C#N)C(=O)NC[C@H]2CCCO2)cc1OC. The number of nitrogens with zero attached hydrogens (tertiary/aromatic N) is 1. The average Bonchev–Trinajstić information content (AvgIpc) is 3.12. The second-order valence-electron chi connectivity index (χ2n) is 5.36. The molecule has 24 heavy (non-hydrogen) atoms. The number of nitriles is 1. The molecule has 0 aromatic heterocycles. The van der Waals surface area contributed by atoms with E-state index in [9.17, 15) is 10.1 Å². The highest BCUT2D eigenvalue weighted by atomic mass is 16.5. The molecule has 1 N–H and O–H groups in total. The molecule has 2 rings (SSSR count). The highest BCUT2D eigenvalue weighted by molar-refractivity contribution is 6.01. The van der Waals surface area contributed by atoms with E-state index < -0.39 is 5.91 Å². The van der Waals surface area contributed by atoms with Crippen LogP contribution in [0.25, 0.3) is 6.08 Å². The lowest BCUT2D eigenvalue weighted by molar-refractivity contribution is -0.117. The van der Waals surface area contributed by atoms with Crippen molar-refractivity contribution in [1.82, 2.24) is 5.32 Å². The maximum absolute atomic E-state index is 12.1. The van der Waals surface area contributed by atoms with Gasteiger partial charge in [-0.15, -0.1) is 0 Å². The normalized spacial score (nSPS) is 17.2. The number of nitrogens with one attached hydrogen (secondary N) is 1. The van der Waals surface area contributed by atoms with Crippen LogP contribution >= 0.6 is 0 Å². The van der Waals surface area contributed by atoms with Crippen molar-refractivity contribution in [2.75, 3.05) is 26.9 Å². The lowest BCUT2D eigenvalue weighted by Gasteiger charge is -2.11. The number of benzene rings is 1. The smallest absolute Gasteiger partial charge is 0.262 e. The fraction of sp³-hybridized carbons (Fsp3) is 0.444. The monoisotopic (exact) mass is 330 g/mol. The third-order valence-corrected chi connectivity index (χ3v) is 3.68. The third-order valence-electron chi connectivity index (χ3n) is 3.68. The van der Waals surface area contributed by atoms with E-state index >= 15 is 0 Å². The molecule has 128 valence electrons. The van der Waals surface area contributed by atoms with Crippen LogP contribution < -0.4 is 14.8 Å². The predicted molar refractivity (Wildman–Crippen MR) is 89.7 cm³/mol. The fourth-order valence-electron chi connectivity index (χ4n) is 2.47. The largest absolute Gasteiger partial charge is 0.493 e. The molecule has 0 bridgehead atoms. The van der Waals surface area contributed by atoms with Crippen LogP contribution in [-0.4, -0.2) is 38.9 Å². The fourth-order valence-corrected chi connectivity index (χ4v) is 2.47. The topological polar surface area (TPSA) is 80.6 Å². The van der Waals surface area contributed by atoms with Crippen molar-refractivity contribution in [3.63, 3.8) is 0 Å². The minimum Gasteiger partial charge on any atom is -0.493 e. The summed E-state index contributed by atoms with van der Waals surface area (Å²) in [6, 6.07) is 7.20. The summed E-state index contributed by atoms with van der Waals surface area (Å²) in [5.41, 5.74) is 0.735. The standard InChI is InChI=1S/C18H22N2O4/c1-3-23-16-7-6-13(10-17(16)22-2)9-14(11-19)18(21)20-12-15-5-4-8-24-15/h6-7,9-10,15H,3-5,8,12H2,1-2H3,(H,20,21)/b14-9+/t15-/m1/s1. The molecule has 6 heteroatoms. The Morgan fingerprint density at radius 3 is 2.96 bits per heavy atom. The Morgan fingerprint density at radius 1 is 1.50 bits per heavy atom. The molecule has 1 aromatic rings. The van der Waals surface area contributed by atoms with E-state index in [1.54, 1.807) is 25.3 Å². The van der Waals surface area contributed by atoms with Crippen molar-refractivity contribution < 1.29 is 19.0 Å². The zero-order valence-corrected chi connectivity index (χ0v) is 14.0. The van der Waals surface area contributed by atoms with Gasteiger partial charge in [0.1, 0.15) is 11.6 Å². The first-order valence-electron chi connectivity index (χ1n) is 8.00. The molecule has 1 saturated heterocycles. The number of carbonyl (C=O) groups is 1. The van der Waals surface area contributed by atoms with Crippen LogP contribution in [-0.2, 0) is 9.53 Å². The van der Waals surface area contributed by atoms with E-state index in [-0.39, 0.29) is 11.7 Å². The Bertz CT molecular complexity index is 643.